The number of anilines is 1. The van der Waals surface area contributed by atoms with Gasteiger partial charge in [-0.05, 0) is 31.0 Å². The topological polar surface area (TPSA) is 94.2 Å². The summed E-state index contributed by atoms with van der Waals surface area (Å²) in [7, 11) is 0. The van der Waals surface area contributed by atoms with Crippen LogP contribution in [0.4, 0.5) is 10.5 Å². The smallest absolute Gasteiger partial charge is 0.420 e. The molecule has 1 aliphatic rings. The Balaban J connectivity index is 2.28. The number of hydrogen-bond donors (Lipinski definition) is 1. The van der Waals surface area contributed by atoms with E-state index in [1.54, 1.807) is 6.07 Å². The molecule has 1 aliphatic heterocycles. The van der Waals surface area contributed by atoms with Crippen LogP contribution in [-0.2, 0) is 19.1 Å². The van der Waals surface area contributed by atoms with E-state index in [0.717, 1.165) is 6.42 Å². The normalized spacial score (nSPS) is 16.4. The second-order valence-electron chi connectivity index (χ2n) is 5.96. The summed E-state index contributed by atoms with van der Waals surface area (Å²) < 4.78 is 15.5. The number of cyclic esters (lactones) is 1. The fourth-order valence-corrected chi connectivity index (χ4v) is 2.75. The van der Waals surface area contributed by atoms with Crippen LogP contribution in [0, 0.1) is 12.0 Å². The number of unbranched alkanes of at least 4 members (excludes halogenated alkanes) is 1. The number of carbonyl (C=O) groups excluding carboxylic acids is 3. The van der Waals surface area contributed by atoms with Crippen molar-refractivity contribution in [3.63, 3.8) is 0 Å². The molecule has 1 saturated heterocycles. The zero-order valence-corrected chi connectivity index (χ0v) is 16.8. The van der Waals surface area contributed by atoms with Crippen molar-refractivity contribution >= 4 is 35.2 Å². The van der Waals surface area contributed by atoms with Crippen molar-refractivity contribution in [2.75, 3.05) is 5.32 Å². The van der Waals surface area contributed by atoms with Gasteiger partial charge in [0.15, 0.2) is 6.10 Å². The molecule has 29 heavy (non-hydrogen) atoms. The minimum atomic E-state index is -1.65. The molecule has 1 aromatic rings. The van der Waals surface area contributed by atoms with Gasteiger partial charge in [-0.2, -0.15) is 4.90 Å². The van der Waals surface area contributed by atoms with Crippen LogP contribution >= 0.6 is 11.6 Å². The van der Waals surface area contributed by atoms with E-state index in [4.69, 9.17) is 25.8 Å². The predicted octanol–water partition coefficient (Wildman–Crippen LogP) is 3.66. The molecule has 1 aromatic carbocycles. The van der Waals surface area contributed by atoms with Gasteiger partial charge in [-0.25, -0.2) is 4.79 Å². The van der Waals surface area contributed by atoms with Crippen LogP contribution in [0.2, 0.25) is 5.02 Å². The Labute approximate surface area is 173 Å². The van der Waals surface area contributed by atoms with E-state index in [0.29, 0.717) is 22.8 Å². The Morgan fingerprint density at radius 1 is 1.48 bits per heavy atom. The average molecular weight is 421 g/mol. The Hall–Kier alpha value is -3.18. The zero-order valence-electron chi connectivity index (χ0n) is 16.1. The molecule has 0 aliphatic carbocycles. The molecule has 0 aromatic heterocycles. The molecule has 0 saturated carbocycles. The van der Waals surface area contributed by atoms with Crippen molar-refractivity contribution in [1.82, 2.24) is 4.90 Å². The highest BCUT2D eigenvalue weighted by Crippen LogP contribution is 2.29. The average Bonchev–Trinajstić information content (AvgIpc) is 2.96. The van der Waals surface area contributed by atoms with Crippen LogP contribution in [0.25, 0.3) is 0 Å². The van der Waals surface area contributed by atoms with E-state index in [1.165, 1.54) is 25.3 Å². The van der Waals surface area contributed by atoms with Gasteiger partial charge in [-0.1, -0.05) is 37.4 Å². The van der Waals surface area contributed by atoms with E-state index in [9.17, 15) is 14.4 Å². The summed E-state index contributed by atoms with van der Waals surface area (Å²) in [5.41, 5.74) is 0.197. The molecular weight excluding hydrogens is 400 g/mol. The minimum Gasteiger partial charge on any atom is -0.463 e. The molecule has 2 unspecified atom stereocenters. The molecule has 3 amide bonds. The SMILES string of the molecule is C=COc1ccc(Cl)cc1NC(=O)C(OC#CC)N1C(=O)OC(CCCC)C1=O. The molecule has 1 fully saturated rings. The van der Waals surface area contributed by atoms with Gasteiger partial charge in [-0.15, -0.1) is 0 Å². The summed E-state index contributed by atoms with van der Waals surface area (Å²) in [6, 6.07) is 4.53. The number of rotatable bonds is 9. The lowest BCUT2D eigenvalue weighted by Gasteiger charge is -2.21. The Morgan fingerprint density at radius 2 is 2.24 bits per heavy atom. The molecule has 2 rings (SSSR count). The highest BCUT2D eigenvalue weighted by Gasteiger charge is 2.48. The number of imide groups is 1. The third-order valence-electron chi connectivity index (χ3n) is 3.91. The summed E-state index contributed by atoms with van der Waals surface area (Å²) in [5, 5.41) is 2.86. The Morgan fingerprint density at radius 3 is 2.90 bits per heavy atom. The summed E-state index contributed by atoms with van der Waals surface area (Å²) in [4.78, 5) is 38.4. The van der Waals surface area contributed by atoms with Gasteiger partial charge in [0.2, 0.25) is 0 Å². The molecule has 9 heteroatoms. The third-order valence-corrected chi connectivity index (χ3v) is 4.15. The summed E-state index contributed by atoms with van der Waals surface area (Å²) in [6.07, 6.45) is 1.73. The van der Waals surface area contributed by atoms with Crippen molar-refractivity contribution < 1.29 is 28.6 Å². The zero-order chi connectivity index (χ0) is 21.4. The number of nitrogens with one attached hydrogen (secondary N) is 1. The summed E-state index contributed by atoms with van der Waals surface area (Å²) >= 11 is 5.98. The van der Waals surface area contributed by atoms with Crippen molar-refractivity contribution in [3.05, 3.63) is 36.1 Å². The van der Waals surface area contributed by atoms with Gasteiger partial charge in [0.1, 0.15) is 11.9 Å². The number of benzene rings is 1. The summed E-state index contributed by atoms with van der Waals surface area (Å²) in [5.74, 6) is 1.23. The standard InChI is InChI=1S/C20H21ClN2O6/c1-4-7-8-16-18(25)23(20(26)29-16)19(28-11-5-2)17(24)22-14-12-13(21)9-10-15(14)27-6-3/h6,9-10,12,16,19H,3-4,7-8H2,1-2H3,(H,22,24). The highest BCUT2D eigenvalue weighted by molar-refractivity contribution is 6.31. The van der Waals surface area contributed by atoms with E-state index in [1.807, 2.05) is 6.92 Å². The van der Waals surface area contributed by atoms with Crippen LogP contribution in [-0.4, -0.2) is 35.1 Å². The number of nitrogens with zero attached hydrogens (tertiary/aromatic N) is 1. The first-order valence-electron chi connectivity index (χ1n) is 8.92. The van der Waals surface area contributed by atoms with Crippen molar-refractivity contribution in [1.29, 1.82) is 0 Å². The lowest BCUT2D eigenvalue weighted by atomic mass is 10.1. The lowest BCUT2D eigenvalue weighted by molar-refractivity contribution is -0.144. The van der Waals surface area contributed by atoms with Crippen molar-refractivity contribution in [2.45, 2.75) is 45.4 Å². The maximum atomic E-state index is 12.9. The molecule has 154 valence electrons. The highest BCUT2D eigenvalue weighted by atomic mass is 35.5. The number of amides is 3. The first-order valence-corrected chi connectivity index (χ1v) is 9.29. The van der Waals surface area contributed by atoms with Crippen LogP contribution in [0.1, 0.15) is 33.1 Å². The molecule has 0 radical (unpaired) electrons. The van der Waals surface area contributed by atoms with Crippen molar-refractivity contribution in [2.24, 2.45) is 0 Å². The maximum Gasteiger partial charge on any atom is 0.420 e. The van der Waals surface area contributed by atoms with Gasteiger partial charge in [0, 0.05) is 11.9 Å². The van der Waals surface area contributed by atoms with E-state index >= 15 is 0 Å². The molecule has 1 N–H and O–H groups in total. The van der Waals surface area contributed by atoms with Gasteiger partial charge < -0.3 is 19.5 Å². The van der Waals surface area contributed by atoms with Gasteiger partial charge >= 0.3 is 6.09 Å². The number of ether oxygens (including phenoxy) is 3. The van der Waals surface area contributed by atoms with E-state index < -0.39 is 30.2 Å². The summed E-state index contributed by atoms with van der Waals surface area (Å²) in [6.45, 7) is 6.89. The molecule has 0 spiro atoms. The van der Waals surface area contributed by atoms with Gasteiger partial charge in [0.25, 0.3) is 18.0 Å². The van der Waals surface area contributed by atoms with Crippen LogP contribution in [0.3, 0.4) is 0 Å². The minimum absolute atomic E-state index is 0.197. The third kappa shape index (κ3) is 5.42. The second-order valence-corrected chi connectivity index (χ2v) is 6.40. The quantitative estimate of drug-likeness (QED) is 0.484. The number of halogens is 1. The largest absolute Gasteiger partial charge is 0.463 e. The van der Waals surface area contributed by atoms with Crippen LogP contribution < -0.4 is 10.1 Å². The monoisotopic (exact) mass is 420 g/mol. The van der Waals surface area contributed by atoms with Gasteiger partial charge in [-0.3, -0.25) is 9.59 Å². The molecule has 1 heterocycles. The van der Waals surface area contributed by atoms with E-state index in [-0.39, 0.29) is 11.4 Å². The molecule has 8 nitrogen and oxygen atoms in total. The van der Waals surface area contributed by atoms with Gasteiger partial charge in [0.05, 0.1) is 11.9 Å². The maximum absolute atomic E-state index is 12.9. The molecule has 2 atom stereocenters. The first-order chi connectivity index (χ1) is 13.9. The molecule has 0 bridgehead atoms. The fourth-order valence-electron chi connectivity index (χ4n) is 2.58. The molecular formula is C20H21ClN2O6. The van der Waals surface area contributed by atoms with Crippen molar-refractivity contribution in [3.8, 4) is 17.8 Å². The number of carbonyl (C=O) groups is 3. The predicted molar refractivity (Wildman–Crippen MR) is 106 cm³/mol. The van der Waals surface area contributed by atoms with Crippen LogP contribution in [0.15, 0.2) is 31.0 Å². The second kappa shape index (κ2) is 10.4. The lowest BCUT2D eigenvalue weighted by Crippen LogP contribution is -2.48. The first kappa shape index (κ1) is 22.1. The Kier molecular flexibility index (Phi) is 7.92. The van der Waals surface area contributed by atoms with Crippen LogP contribution in [0.5, 0.6) is 5.75 Å². The number of hydrogen-bond acceptors (Lipinski definition) is 6. The Bertz CT molecular complexity index is 860. The van der Waals surface area contributed by atoms with E-state index in [2.05, 4.69) is 23.9 Å². The fraction of sp³-hybridized carbons (Fsp3) is 0.350.